The Kier molecular flexibility index (Phi) is 2.06. The van der Waals surface area contributed by atoms with E-state index in [2.05, 4.69) is 9.72 Å². The Morgan fingerprint density at radius 1 is 1.33 bits per heavy atom. The number of imidazole rings is 1. The number of hydrogen-bond acceptors (Lipinski definition) is 2. The van der Waals surface area contributed by atoms with Gasteiger partial charge < -0.3 is 4.74 Å². The van der Waals surface area contributed by atoms with Gasteiger partial charge in [-0.2, -0.15) is 0 Å². The Morgan fingerprint density at radius 3 is 2.73 bits per heavy atom. The summed E-state index contributed by atoms with van der Waals surface area (Å²) in [4.78, 5) is 3.94. The van der Waals surface area contributed by atoms with E-state index >= 15 is 0 Å². The van der Waals surface area contributed by atoms with E-state index in [-0.39, 0.29) is 11.6 Å². The summed E-state index contributed by atoms with van der Waals surface area (Å²) in [5.41, 5.74) is 0.632. The van der Waals surface area contributed by atoms with Gasteiger partial charge in [-0.3, -0.25) is 4.40 Å². The van der Waals surface area contributed by atoms with Crippen molar-refractivity contribution in [1.29, 1.82) is 0 Å². The molecule has 0 aromatic carbocycles. The zero-order chi connectivity index (χ0) is 11.1. The molecular weight excluding hydrogens is 209 g/mol. The van der Waals surface area contributed by atoms with Gasteiger partial charge in [0.1, 0.15) is 11.3 Å². The molecule has 6 heteroatoms. The molecule has 80 valence electrons. The molecule has 0 aliphatic heterocycles. The van der Waals surface area contributed by atoms with Crippen LogP contribution in [0.15, 0.2) is 24.4 Å². The lowest BCUT2D eigenvalue weighted by Crippen LogP contribution is -2.18. The quantitative estimate of drug-likeness (QED) is 0.732. The number of hydrogen-bond donors (Lipinski definition) is 0. The molecule has 0 aliphatic rings. The minimum atomic E-state index is -4.70. The molecule has 0 unspecified atom stereocenters. The third kappa shape index (κ3) is 1.88. The van der Waals surface area contributed by atoms with E-state index in [0.29, 0.717) is 5.65 Å². The van der Waals surface area contributed by atoms with Crippen LogP contribution in [0.2, 0.25) is 0 Å². The Balaban J connectivity index is 2.54. The third-order valence-corrected chi connectivity index (χ3v) is 1.86. The highest BCUT2D eigenvalue weighted by atomic mass is 19.4. The van der Waals surface area contributed by atoms with Crippen LogP contribution >= 0.6 is 0 Å². The molecule has 0 N–H and O–H groups in total. The molecule has 0 saturated heterocycles. The van der Waals surface area contributed by atoms with E-state index in [9.17, 15) is 13.2 Å². The predicted octanol–water partition coefficient (Wildman–Crippen LogP) is 2.54. The van der Waals surface area contributed by atoms with Crippen LogP contribution in [0.1, 0.15) is 5.69 Å². The van der Waals surface area contributed by atoms with Crippen LogP contribution in [0.25, 0.3) is 5.65 Å². The average Bonchev–Trinajstić information content (AvgIpc) is 2.41. The molecule has 2 aromatic heterocycles. The highest BCUT2D eigenvalue weighted by molar-refractivity contribution is 5.45. The second kappa shape index (κ2) is 3.15. The monoisotopic (exact) mass is 216 g/mol. The zero-order valence-corrected chi connectivity index (χ0v) is 7.75. The number of rotatable bonds is 1. The molecule has 0 amide bonds. The summed E-state index contributed by atoms with van der Waals surface area (Å²) in [6, 6.07) is 4.91. The summed E-state index contributed by atoms with van der Waals surface area (Å²) < 4.78 is 41.3. The van der Waals surface area contributed by atoms with Gasteiger partial charge in [0.15, 0.2) is 0 Å². The van der Waals surface area contributed by atoms with Gasteiger partial charge in [-0.25, -0.2) is 4.98 Å². The summed E-state index contributed by atoms with van der Waals surface area (Å²) >= 11 is 0. The summed E-state index contributed by atoms with van der Waals surface area (Å²) in [6.07, 6.45) is -3.23. The second-order valence-electron chi connectivity index (χ2n) is 2.98. The van der Waals surface area contributed by atoms with Gasteiger partial charge in [-0.15, -0.1) is 13.2 Å². The summed E-state index contributed by atoms with van der Waals surface area (Å²) in [6.45, 7) is 1.47. The molecule has 15 heavy (non-hydrogen) atoms. The fraction of sp³-hybridized carbons (Fsp3) is 0.222. The van der Waals surface area contributed by atoms with Crippen molar-refractivity contribution in [3.63, 3.8) is 0 Å². The highest BCUT2D eigenvalue weighted by Crippen LogP contribution is 2.26. The minimum Gasteiger partial charge on any atom is -0.387 e. The van der Waals surface area contributed by atoms with Crippen LogP contribution in [-0.4, -0.2) is 15.7 Å². The fourth-order valence-corrected chi connectivity index (χ4v) is 1.32. The maximum Gasteiger partial charge on any atom is 0.574 e. The van der Waals surface area contributed by atoms with Gasteiger partial charge >= 0.3 is 6.36 Å². The van der Waals surface area contributed by atoms with Gasteiger partial charge in [-0.05, 0) is 19.1 Å². The number of aryl methyl sites for hydroxylation is 1. The minimum absolute atomic E-state index is 0.207. The number of fused-ring (bicyclic) bond motifs is 1. The molecule has 2 aromatic rings. The van der Waals surface area contributed by atoms with Crippen molar-refractivity contribution in [2.75, 3.05) is 0 Å². The maximum absolute atomic E-state index is 12.1. The topological polar surface area (TPSA) is 26.5 Å². The number of aromatic nitrogens is 2. The van der Waals surface area contributed by atoms with E-state index in [1.807, 2.05) is 0 Å². The van der Waals surface area contributed by atoms with Gasteiger partial charge in [0.05, 0.1) is 0 Å². The molecule has 0 fully saturated rings. The lowest BCUT2D eigenvalue weighted by Gasteiger charge is -2.08. The number of ether oxygens (including phenoxy) is 1. The van der Waals surface area contributed by atoms with Gasteiger partial charge in [0.25, 0.3) is 0 Å². The highest BCUT2D eigenvalue weighted by Gasteiger charge is 2.33. The lowest BCUT2D eigenvalue weighted by atomic mass is 10.5. The number of pyridine rings is 1. The Labute approximate surface area is 83.1 Å². The third-order valence-electron chi connectivity index (χ3n) is 1.86. The van der Waals surface area contributed by atoms with Crippen molar-refractivity contribution in [3.05, 3.63) is 30.1 Å². The Bertz CT molecular complexity index is 490. The first-order valence-corrected chi connectivity index (χ1v) is 4.17. The van der Waals surface area contributed by atoms with Gasteiger partial charge in [0, 0.05) is 6.20 Å². The molecule has 0 bridgehead atoms. The number of halogens is 3. The molecule has 2 heterocycles. The van der Waals surface area contributed by atoms with Crippen molar-refractivity contribution in [3.8, 4) is 5.88 Å². The van der Waals surface area contributed by atoms with Crippen molar-refractivity contribution < 1.29 is 17.9 Å². The van der Waals surface area contributed by atoms with E-state index in [1.165, 1.54) is 17.5 Å². The first-order valence-electron chi connectivity index (χ1n) is 4.17. The summed E-state index contributed by atoms with van der Waals surface area (Å²) in [7, 11) is 0. The van der Waals surface area contributed by atoms with Crippen molar-refractivity contribution >= 4 is 5.65 Å². The normalized spacial score (nSPS) is 12.0. The molecular formula is C9H7F3N2O. The summed E-state index contributed by atoms with van der Waals surface area (Å²) in [5, 5.41) is 0. The molecule has 0 atom stereocenters. The Hall–Kier alpha value is -1.72. The number of alkyl halides is 3. The maximum atomic E-state index is 12.1. The molecule has 0 spiro atoms. The fourth-order valence-electron chi connectivity index (χ4n) is 1.32. The van der Waals surface area contributed by atoms with Crippen LogP contribution < -0.4 is 4.74 Å². The first kappa shape index (κ1) is 9.82. The lowest BCUT2D eigenvalue weighted by molar-refractivity contribution is -0.276. The number of nitrogens with zero attached hydrogens (tertiary/aromatic N) is 2. The van der Waals surface area contributed by atoms with E-state index in [0.717, 1.165) is 0 Å². The second-order valence-corrected chi connectivity index (χ2v) is 2.98. The zero-order valence-electron chi connectivity index (χ0n) is 7.75. The van der Waals surface area contributed by atoms with Crippen LogP contribution in [-0.2, 0) is 0 Å². The van der Waals surface area contributed by atoms with Gasteiger partial charge in [0.2, 0.25) is 5.88 Å². The summed E-state index contributed by atoms with van der Waals surface area (Å²) in [5.74, 6) is -0.293. The van der Waals surface area contributed by atoms with E-state index in [4.69, 9.17) is 0 Å². The first-order chi connectivity index (χ1) is 6.97. The average molecular weight is 216 g/mol. The van der Waals surface area contributed by atoms with Crippen LogP contribution in [0.3, 0.4) is 0 Å². The molecule has 2 rings (SSSR count). The van der Waals surface area contributed by atoms with E-state index < -0.39 is 6.36 Å². The van der Waals surface area contributed by atoms with Crippen LogP contribution in [0, 0.1) is 6.92 Å². The van der Waals surface area contributed by atoms with Gasteiger partial charge in [-0.1, -0.05) is 6.07 Å². The van der Waals surface area contributed by atoms with Crippen molar-refractivity contribution in [2.24, 2.45) is 0 Å². The van der Waals surface area contributed by atoms with Crippen LogP contribution in [0.4, 0.5) is 13.2 Å². The smallest absolute Gasteiger partial charge is 0.387 e. The molecule has 3 nitrogen and oxygen atoms in total. The predicted molar refractivity (Wildman–Crippen MR) is 46.6 cm³/mol. The molecule has 0 radical (unpaired) electrons. The standard InChI is InChI=1S/C9H7F3N2O/c1-6-8(15-9(10,11)12)14-5-3-2-4-7(14)13-6/h2-5H,1H3. The Morgan fingerprint density at radius 2 is 2.07 bits per heavy atom. The van der Waals surface area contributed by atoms with Crippen molar-refractivity contribution in [2.45, 2.75) is 13.3 Å². The van der Waals surface area contributed by atoms with E-state index in [1.54, 1.807) is 18.2 Å². The van der Waals surface area contributed by atoms with Crippen LogP contribution in [0.5, 0.6) is 5.88 Å². The SMILES string of the molecule is Cc1nc2ccccn2c1OC(F)(F)F. The molecule has 0 aliphatic carbocycles. The largest absolute Gasteiger partial charge is 0.574 e. The molecule has 0 saturated carbocycles. The van der Waals surface area contributed by atoms with Crippen molar-refractivity contribution in [1.82, 2.24) is 9.38 Å².